The summed E-state index contributed by atoms with van der Waals surface area (Å²) in [6.45, 7) is 0.763. The topological polar surface area (TPSA) is 78.5 Å². The molecule has 1 aromatic heterocycles. The number of aliphatic hydroxyl groups is 1. The van der Waals surface area contributed by atoms with Crippen molar-refractivity contribution in [3.8, 4) is 17.0 Å². The molecule has 2 heterocycles. The van der Waals surface area contributed by atoms with E-state index in [2.05, 4.69) is 10.2 Å². The van der Waals surface area contributed by atoms with Crippen molar-refractivity contribution in [1.29, 1.82) is 0 Å². The van der Waals surface area contributed by atoms with Crippen LogP contribution in [-0.4, -0.2) is 52.4 Å². The fourth-order valence-corrected chi connectivity index (χ4v) is 2.15. The maximum atomic E-state index is 12.1. The van der Waals surface area contributed by atoms with E-state index >= 15 is 0 Å². The number of benzene rings is 1. The zero-order valence-corrected chi connectivity index (χ0v) is 11.0. The quantitative estimate of drug-likeness (QED) is 0.871. The van der Waals surface area contributed by atoms with Crippen LogP contribution in [0, 0.1) is 0 Å². The van der Waals surface area contributed by atoms with Crippen molar-refractivity contribution in [3.05, 3.63) is 36.0 Å². The van der Waals surface area contributed by atoms with Crippen LogP contribution in [0.5, 0.6) is 5.75 Å². The Hall–Kier alpha value is -2.34. The molecule has 1 aliphatic heterocycles. The Morgan fingerprint density at radius 2 is 2.25 bits per heavy atom. The lowest BCUT2D eigenvalue weighted by atomic mass is 10.1. The highest BCUT2D eigenvalue weighted by molar-refractivity contribution is 5.94. The van der Waals surface area contributed by atoms with Gasteiger partial charge < -0.3 is 14.7 Å². The van der Waals surface area contributed by atoms with Crippen molar-refractivity contribution >= 4 is 5.91 Å². The second-order valence-electron chi connectivity index (χ2n) is 4.76. The highest BCUT2D eigenvalue weighted by Crippen LogP contribution is 2.23. The molecular formula is C14H15N3O3. The van der Waals surface area contributed by atoms with Gasteiger partial charge >= 0.3 is 0 Å². The number of ether oxygens (including phenoxy) is 1. The Morgan fingerprint density at radius 3 is 2.95 bits per heavy atom. The standard InChI is InChI=1S/C14H15N3O3/c1-20-11-4-2-3-9(5-11)12-6-13(16-15-12)14(19)17-7-10(18)8-17/h2-6,10,18H,7-8H2,1H3,(H,15,16). The predicted molar refractivity (Wildman–Crippen MR) is 72.5 cm³/mol. The SMILES string of the molecule is COc1cccc(-c2cc(C(=O)N3CC(O)C3)[nH]n2)c1. The van der Waals surface area contributed by atoms with E-state index in [4.69, 9.17) is 4.74 Å². The first kappa shape index (κ1) is 12.7. The van der Waals surface area contributed by atoms with Crippen LogP contribution in [0.4, 0.5) is 0 Å². The number of hydrogen-bond acceptors (Lipinski definition) is 4. The Kier molecular flexibility index (Phi) is 3.15. The smallest absolute Gasteiger partial charge is 0.272 e. The largest absolute Gasteiger partial charge is 0.497 e. The first-order chi connectivity index (χ1) is 9.67. The van der Waals surface area contributed by atoms with Crippen molar-refractivity contribution in [2.45, 2.75) is 6.10 Å². The first-order valence-electron chi connectivity index (χ1n) is 6.34. The molecule has 0 radical (unpaired) electrons. The molecule has 0 bridgehead atoms. The molecule has 2 N–H and O–H groups in total. The second-order valence-corrected chi connectivity index (χ2v) is 4.76. The number of aromatic amines is 1. The predicted octanol–water partition coefficient (Wildman–Crippen LogP) is 0.902. The van der Waals surface area contributed by atoms with Gasteiger partial charge in [-0.3, -0.25) is 9.89 Å². The molecule has 0 aliphatic carbocycles. The Labute approximate surface area is 116 Å². The molecule has 1 amide bonds. The van der Waals surface area contributed by atoms with Crippen LogP contribution >= 0.6 is 0 Å². The van der Waals surface area contributed by atoms with E-state index in [9.17, 15) is 9.90 Å². The van der Waals surface area contributed by atoms with Crippen molar-refractivity contribution < 1.29 is 14.6 Å². The van der Waals surface area contributed by atoms with Crippen LogP contribution in [0.2, 0.25) is 0 Å². The Morgan fingerprint density at radius 1 is 1.45 bits per heavy atom. The van der Waals surface area contributed by atoms with Crippen LogP contribution in [0.15, 0.2) is 30.3 Å². The Balaban J connectivity index is 1.81. The molecule has 20 heavy (non-hydrogen) atoms. The number of likely N-dealkylation sites (tertiary alicyclic amines) is 1. The van der Waals surface area contributed by atoms with Gasteiger partial charge in [-0.25, -0.2) is 0 Å². The average molecular weight is 273 g/mol. The molecule has 6 nitrogen and oxygen atoms in total. The van der Waals surface area contributed by atoms with E-state index in [0.717, 1.165) is 11.3 Å². The molecule has 1 aromatic carbocycles. The number of β-amino-alcohol motifs (C(OH)–C–C–N with tert-alkyl or cyclic N) is 1. The number of nitrogens with zero attached hydrogens (tertiary/aromatic N) is 2. The molecule has 0 atom stereocenters. The molecule has 2 aromatic rings. The van der Waals surface area contributed by atoms with E-state index in [1.54, 1.807) is 18.1 Å². The molecule has 1 saturated heterocycles. The van der Waals surface area contributed by atoms with Crippen molar-refractivity contribution in [2.24, 2.45) is 0 Å². The first-order valence-corrected chi connectivity index (χ1v) is 6.34. The molecular weight excluding hydrogens is 258 g/mol. The number of amides is 1. The number of aromatic nitrogens is 2. The van der Waals surface area contributed by atoms with Gasteiger partial charge in [0.25, 0.3) is 5.91 Å². The highest BCUT2D eigenvalue weighted by atomic mass is 16.5. The summed E-state index contributed by atoms with van der Waals surface area (Å²) in [5.74, 6) is 0.598. The van der Waals surface area contributed by atoms with E-state index in [0.29, 0.717) is 24.5 Å². The fraction of sp³-hybridized carbons (Fsp3) is 0.286. The van der Waals surface area contributed by atoms with Crippen LogP contribution in [0.1, 0.15) is 10.5 Å². The Bertz CT molecular complexity index is 632. The van der Waals surface area contributed by atoms with Crippen molar-refractivity contribution in [2.75, 3.05) is 20.2 Å². The molecule has 0 saturated carbocycles. The maximum absolute atomic E-state index is 12.1. The summed E-state index contributed by atoms with van der Waals surface area (Å²) in [4.78, 5) is 13.6. The minimum atomic E-state index is -0.403. The third-order valence-electron chi connectivity index (χ3n) is 3.32. The number of nitrogens with one attached hydrogen (secondary N) is 1. The van der Waals surface area contributed by atoms with Gasteiger partial charge in [0.15, 0.2) is 0 Å². The van der Waals surface area contributed by atoms with Crippen LogP contribution in [0.25, 0.3) is 11.3 Å². The van der Waals surface area contributed by atoms with Gasteiger partial charge in [-0.1, -0.05) is 12.1 Å². The fourth-order valence-electron chi connectivity index (χ4n) is 2.15. The third-order valence-corrected chi connectivity index (χ3v) is 3.32. The summed E-state index contributed by atoms with van der Waals surface area (Å²) < 4.78 is 5.17. The number of rotatable bonds is 3. The summed E-state index contributed by atoms with van der Waals surface area (Å²) in [6, 6.07) is 9.19. The van der Waals surface area contributed by atoms with Gasteiger partial charge in [-0.15, -0.1) is 0 Å². The van der Waals surface area contributed by atoms with Gasteiger partial charge in [0.1, 0.15) is 11.4 Å². The summed E-state index contributed by atoms with van der Waals surface area (Å²) in [7, 11) is 1.60. The van der Waals surface area contributed by atoms with Crippen molar-refractivity contribution in [3.63, 3.8) is 0 Å². The summed E-state index contributed by atoms with van der Waals surface area (Å²) in [5.41, 5.74) is 1.99. The minimum Gasteiger partial charge on any atom is -0.497 e. The third kappa shape index (κ3) is 2.25. The van der Waals surface area contributed by atoms with E-state index in [1.165, 1.54) is 0 Å². The van der Waals surface area contributed by atoms with E-state index in [1.807, 2.05) is 24.3 Å². The summed E-state index contributed by atoms with van der Waals surface area (Å²) in [5, 5.41) is 16.1. The average Bonchev–Trinajstić information content (AvgIpc) is 2.93. The van der Waals surface area contributed by atoms with Gasteiger partial charge in [0, 0.05) is 18.7 Å². The maximum Gasteiger partial charge on any atom is 0.272 e. The molecule has 1 aliphatic rings. The van der Waals surface area contributed by atoms with Gasteiger partial charge in [-0.05, 0) is 18.2 Å². The number of carbonyl (C=O) groups is 1. The zero-order valence-electron chi connectivity index (χ0n) is 11.0. The number of carbonyl (C=O) groups excluding carboxylic acids is 1. The molecule has 0 spiro atoms. The van der Waals surface area contributed by atoms with Crippen LogP contribution in [-0.2, 0) is 0 Å². The number of aliphatic hydroxyl groups excluding tert-OH is 1. The summed E-state index contributed by atoms with van der Waals surface area (Å²) >= 11 is 0. The van der Waals surface area contributed by atoms with E-state index < -0.39 is 6.10 Å². The lowest BCUT2D eigenvalue weighted by Gasteiger charge is -2.35. The second kappa shape index (κ2) is 4.97. The van der Waals surface area contributed by atoms with E-state index in [-0.39, 0.29) is 5.91 Å². The molecule has 0 unspecified atom stereocenters. The highest BCUT2D eigenvalue weighted by Gasteiger charge is 2.30. The van der Waals surface area contributed by atoms with Gasteiger partial charge in [0.05, 0.1) is 18.9 Å². The molecule has 1 fully saturated rings. The van der Waals surface area contributed by atoms with Gasteiger partial charge in [-0.2, -0.15) is 5.10 Å². The number of hydrogen-bond donors (Lipinski definition) is 2. The lowest BCUT2D eigenvalue weighted by Crippen LogP contribution is -2.53. The number of methoxy groups -OCH3 is 1. The van der Waals surface area contributed by atoms with Crippen LogP contribution < -0.4 is 4.74 Å². The number of H-pyrrole nitrogens is 1. The van der Waals surface area contributed by atoms with Crippen LogP contribution in [0.3, 0.4) is 0 Å². The molecule has 6 heteroatoms. The van der Waals surface area contributed by atoms with Crippen molar-refractivity contribution in [1.82, 2.24) is 15.1 Å². The lowest BCUT2D eigenvalue weighted by molar-refractivity contribution is 0.00550. The molecule has 3 rings (SSSR count). The monoisotopic (exact) mass is 273 g/mol. The summed E-state index contributed by atoms with van der Waals surface area (Å²) in [6.07, 6.45) is -0.403. The minimum absolute atomic E-state index is 0.142. The van der Waals surface area contributed by atoms with Gasteiger partial charge in [0.2, 0.25) is 0 Å². The zero-order chi connectivity index (χ0) is 14.1. The molecule has 104 valence electrons. The normalized spacial score (nSPS) is 15.0.